The largest absolute Gasteiger partial charge is 0.388 e. The lowest BCUT2D eigenvalue weighted by atomic mass is 10.0. The summed E-state index contributed by atoms with van der Waals surface area (Å²) >= 11 is 0. The van der Waals surface area contributed by atoms with Crippen LogP contribution in [0.1, 0.15) is 46.5 Å². The Morgan fingerprint density at radius 1 is 1.19 bits per heavy atom. The molecule has 1 aliphatic heterocycles. The van der Waals surface area contributed by atoms with Crippen molar-refractivity contribution in [2.75, 3.05) is 45.8 Å². The molecule has 2 rings (SSSR count). The summed E-state index contributed by atoms with van der Waals surface area (Å²) in [7, 11) is 0. The van der Waals surface area contributed by atoms with Crippen molar-refractivity contribution in [1.29, 1.82) is 0 Å². The highest BCUT2D eigenvalue weighted by atomic mass is 127. The lowest BCUT2D eigenvalue weighted by molar-refractivity contribution is -0.123. The molecule has 0 bridgehead atoms. The maximum Gasteiger partial charge on any atom is 0.234 e. The number of amides is 1. The fourth-order valence-corrected chi connectivity index (χ4v) is 3.53. The second kappa shape index (κ2) is 11.3. The molecule has 8 heteroatoms. The van der Waals surface area contributed by atoms with E-state index in [-0.39, 0.29) is 35.9 Å². The van der Waals surface area contributed by atoms with E-state index in [0.717, 1.165) is 64.4 Å². The van der Waals surface area contributed by atoms with Gasteiger partial charge in [0.15, 0.2) is 5.96 Å². The zero-order chi connectivity index (χ0) is 18.3. The van der Waals surface area contributed by atoms with Crippen molar-refractivity contribution in [3.8, 4) is 0 Å². The van der Waals surface area contributed by atoms with Crippen LogP contribution < -0.4 is 10.6 Å². The normalized spacial score (nSPS) is 20.8. The first-order valence-electron chi connectivity index (χ1n) is 9.69. The average molecular weight is 481 g/mol. The Balaban J connectivity index is 0.00000338. The van der Waals surface area contributed by atoms with Gasteiger partial charge in [-0.2, -0.15) is 0 Å². The van der Waals surface area contributed by atoms with Crippen LogP contribution in [0, 0.1) is 0 Å². The lowest BCUT2D eigenvalue weighted by Crippen LogP contribution is -2.54. The van der Waals surface area contributed by atoms with Crippen LogP contribution in [-0.4, -0.2) is 84.2 Å². The highest BCUT2D eigenvalue weighted by Gasteiger charge is 2.31. The summed E-state index contributed by atoms with van der Waals surface area (Å²) in [5, 5.41) is 16.8. The molecule has 0 aromatic carbocycles. The number of piperazine rings is 1. The molecule has 152 valence electrons. The number of hydrogen-bond donors (Lipinski definition) is 3. The standard InChI is InChI=1S/C18H35N5O2.HI/c1-4-19-17(20-14-18(25)7-5-6-8-18)23-11-9-22(10-12-23)13-16(24)21-15(2)3;/h15,25H,4-14H2,1-3H3,(H,19,20)(H,21,24);1H. The summed E-state index contributed by atoms with van der Waals surface area (Å²) in [6, 6.07) is 0.183. The maximum absolute atomic E-state index is 11.9. The Morgan fingerprint density at radius 3 is 2.35 bits per heavy atom. The van der Waals surface area contributed by atoms with Crippen LogP contribution in [0.5, 0.6) is 0 Å². The van der Waals surface area contributed by atoms with Gasteiger partial charge in [-0.3, -0.25) is 14.7 Å². The minimum Gasteiger partial charge on any atom is -0.388 e. The van der Waals surface area contributed by atoms with Gasteiger partial charge in [0.05, 0.1) is 18.7 Å². The molecule has 1 heterocycles. The van der Waals surface area contributed by atoms with E-state index in [0.29, 0.717) is 13.1 Å². The molecule has 3 N–H and O–H groups in total. The molecular formula is C18H36IN5O2. The van der Waals surface area contributed by atoms with E-state index >= 15 is 0 Å². The first kappa shape index (κ1) is 23.4. The fraction of sp³-hybridized carbons (Fsp3) is 0.889. The summed E-state index contributed by atoms with van der Waals surface area (Å²) in [4.78, 5) is 21.0. The Bertz CT molecular complexity index is 458. The highest BCUT2D eigenvalue weighted by Crippen LogP contribution is 2.29. The summed E-state index contributed by atoms with van der Waals surface area (Å²) < 4.78 is 0. The van der Waals surface area contributed by atoms with Gasteiger partial charge >= 0.3 is 0 Å². The van der Waals surface area contributed by atoms with Crippen molar-refractivity contribution in [1.82, 2.24) is 20.4 Å². The second-order valence-corrected chi connectivity index (χ2v) is 7.59. The van der Waals surface area contributed by atoms with Gasteiger partial charge in [0.1, 0.15) is 0 Å². The Hall–Kier alpha value is -0.610. The van der Waals surface area contributed by atoms with E-state index in [1.807, 2.05) is 13.8 Å². The molecule has 1 amide bonds. The van der Waals surface area contributed by atoms with Crippen molar-refractivity contribution in [3.63, 3.8) is 0 Å². The molecule has 0 aromatic rings. The number of halogens is 1. The Labute approximate surface area is 175 Å². The monoisotopic (exact) mass is 481 g/mol. The van der Waals surface area contributed by atoms with Crippen LogP contribution in [0.2, 0.25) is 0 Å². The van der Waals surface area contributed by atoms with E-state index in [1.165, 1.54) is 0 Å². The first-order chi connectivity index (χ1) is 11.9. The van der Waals surface area contributed by atoms with Crippen molar-refractivity contribution in [2.24, 2.45) is 4.99 Å². The molecule has 0 atom stereocenters. The molecule has 1 saturated carbocycles. The van der Waals surface area contributed by atoms with E-state index < -0.39 is 5.60 Å². The van der Waals surface area contributed by atoms with Gasteiger partial charge in [-0.15, -0.1) is 24.0 Å². The van der Waals surface area contributed by atoms with E-state index in [9.17, 15) is 9.90 Å². The summed E-state index contributed by atoms with van der Waals surface area (Å²) in [6.07, 6.45) is 3.91. The minimum atomic E-state index is -0.614. The van der Waals surface area contributed by atoms with Crippen LogP contribution in [0.25, 0.3) is 0 Å². The van der Waals surface area contributed by atoms with Crippen molar-refractivity contribution in [2.45, 2.75) is 58.1 Å². The highest BCUT2D eigenvalue weighted by molar-refractivity contribution is 14.0. The maximum atomic E-state index is 11.9. The van der Waals surface area contributed by atoms with E-state index in [2.05, 4.69) is 27.4 Å². The third-order valence-electron chi connectivity index (χ3n) is 4.88. The minimum absolute atomic E-state index is 0. The topological polar surface area (TPSA) is 80.2 Å². The van der Waals surface area contributed by atoms with Crippen LogP contribution in [0.3, 0.4) is 0 Å². The smallest absolute Gasteiger partial charge is 0.234 e. The second-order valence-electron chi connectivity index (χ2n) is 7.59. The zero-order valence-electron chi connectivity index (χ0n) is 16.5. The predicted octanol–water partition coefficient (Wildman–Crippen LogP) is 1.02. The summed E-state index contributed by atoms with van der Waals surface area (Å²) in [5.41, 5.74) is -0.614. The van der Waals surface area contributed by atoms with Crippen LogP contribution in [-0.2, 0) is 4.79 Å². The molecule has 7 nitrogen and oxygen atoms in total. The number of nitrogens with one attached hydrogen (secondary N) is 2. The van der Waals surface area contributed by atoms with Crippen molar-refractivity contribution in [3.05, 3.63) is 0 Å². The molecule has 1 saturated heterocycles. The molecule has 2 aliphatic rings. The fourth-order valence-electron chi connectivity index (χ4n) is 3.53. The summed E-state index contributed by atoms with van der Waals surface area (Å²) in [5.74, 6) is 0.974. The quantitative estimate of drug-likeness (QED) is 0.300. The molecule has 0 spiro atoms. The van der Waals surface area contributed by atoms with Gasteiger partial charge in [-0.1, -0.05) is 12.8 Å². The number of rotatable bonds is 6. The number of guanidine groups is 1. The van der Waals surface area contributed by atoms with Crippen LogP contribution in [0.4, 0.5) is 0 Å². The molecular weight excluding hydrogens is 445 g/mol. The number of aliphatic hydroxyl groups is 1. The molecule has 26 heavy (non-hydrogen) atoms. The predicted molar refractivity (Wildman–Crippen MR) is 116 cm³/mol. The van der Waals surface area contributed by atoms with Crippen molar-refractivity contribution < 1.29 is 9.90 Å². The first-order valence-corrected chi connectivity index (χ1v) is 9.69. The zero-order valence-corrected chi connectivity index (χ0v) is 18.8. The molecule has 1 aliphatic carbocycles. The number of aliphatic imine (C=N–C) groups is 1. The number of carbonyl (C=O) groups is 1. The number of carbonyl (C=O) groups excluding carboxylic acids is 1. The van der Waals surface area contributed by atoms with Crippen LogP contribution in [0.15, 0.2) is 4.99 Å². The Kier molecular flexibility index (Phi) is 10.2. The number of hydrogen-bond acceptors (Lipinski definition) is 4. The molecule has 0 unspecified atom stereocenters. The van der Waals surface area contributed by atoms with E-state index in [4.69, 9.17) is 4.99 Å². The lowest BCUT2D eigenvalue weighted by Gasteiger charge is -2.36. The molecule has 2 fully saturated rings. The third-order valence-corrected chi connectivity index (χ3v) is 4.88. The van der Waals surface area contributed by atoms with Gasteiger partial charge in [0, 0.05) is 38.8 Å². The molecule has 0 aromatic heterocycles. The Morgan fingerprint density at radius 2 is 1.81 bits per heavy atom. The SMILES string of the molecule is CCNC(=NCC1(O)CCCC1)N1CCN(CC(=O)NC(C)C)CC1.I. The van der Waals surface area contributed by atoms with Crippen LogP contribution >= 0.6 is 24.0 Å². The third kappa shape index (κ3) is 7.56. The van der Waals surface area contributed by atoms with Gasteiger partial charge < -0.3 is 20.6 Å². The average Bonchev–Trinajstić information content (AvgIpc) is 2.98. The summed E-state index contributed by atoms with van der Waals surface area (Å²) in [6.45, 7) is 11.2. The van der Waals surface area contributed by atoms with E-state index in [1.54, 1.807) is 0 Å². The number of nitrogens with zero attached hydrogens (tertiary/aromatic N) is 3. The van der Waals surface area contributed by atoms with Gasteiger partial charge in [-0.05, 0) is 33.6 Å². The van der Waals surface area contributed by atoms with Gasteiger partial charge in [-0.25, -0.2) is 0 Å². The molecule has 0 radical (unpaired) electrons. The van der Waals surface area contributed by atoms with Crippen molar-refractivity contribution >= 4 is 35.8 Å². The van der Waals surface area contributed by atoms with Gasteiger partial charge in [0.2, 0.25) is 5.91 Å². The van der Waals surface area contributed by atoms with Gasteiger partial charge in [0.25, 0.3) is 0 Å².